The summed E-state index contributed by atoms with van der Waals surface area (Å²) in [6, 6.07) is 11.3. The van der Waals surface area contributed by atoms with Crippen LogP contribution in [-0.2, 0) is 28.1 Å². The first kappa shape index (κ1) is 20.3. The molecule has 152 valence electrons. The van der Waals surface area contributed by atoms with Crippen molar-refractivity contribution in [2.24, 2.45) is 5.92 Å². The van der Waals surface area contributed by atoms with Crippen molar-refractivity contribution < 1.29 is 23.1 Å². The molecule has 1 aromatic heterocycles. The Morgan fingerprint density at radius 2 is 2.00 bits per heavy atom. The summed E-state index contributed by atoms with van der Waals surface area (Å²) in [6.07, 6.45) is 1.83. The lowest BCUT2D eigenvalue weighted by atomic mass is 9.91. The van der Waals surface area contributed by atoms with Crippen LogP contribution in [0, 0.1) is 11.7 Å². The van der Waals surface area contributed by atoms with Gasteiger partial charge in [0.2, 0.25) is 0 Å². The van der Waals surface area contributed by atoms with Gasteiger partial charge in [0.25, 0.3) is 0 Å². The molecule has 0 aliphatic carbocycles. The maximum absolute atomic E-state index is 14.1. The molecule has 1 aliphatic heterocycles. The van der Waals surface area contributed by atoms with Gasteiger partial charge in [-0.25, -0.2) is 4.39 Å². The Kier molecular flexibility index (Phi) is 5.35. The minimum absolute atomic E-state index is 0.0451. The number of carboxylic acids is 1. The number of carboxylic acid groups (broad SMARTS) is 1. The zero-order valence-electron chi connectivity index (χ0n) is 15.5. The van der Waals surface area contributed by atoms with Crippen LogP contribution in [0.1, 0.15) is 35.2 Å². The van der Waals surface area contributed by atoms with Crippen LogP contribution in [0.3, 0.4) is 0 Å². The minimum Gasteiger partial charge on any atom is -0.481 e. The zero-order valence-corrected chi connectivity index (χ0v) is 17.6. The second-order valence-electron chi connectivity index (χ2n) is 7.53. The average Bonchev–Trinajstić information content (AvgIpc) is 2.95. The molecule has 3 aromatic rings. The summed E-state index contributed by atoms with van der Waals surface area (Å²) in [4.78, 5) is 11.1. The molecule has 0 radical (unpaired) electrons. The Balaban J connectivity index is 1.80. The molecule has 1 N–H and O–H groups in total. The van der Waals surface area contributed by atoms with Gasteiger partial charge in [-0.3, -0.25) is 4.79 Å². The zero-order chi connectivity index (χ0) is 20.8. The number of carbonyl (C=O) groups is 1. The summed E-state index contributed by atoms with van der Waals surface area (Å²) in [6.45, 7) is 0.598. The number of rotatable bonds is 5. The highest BCUT2D eigenvalue weighted by atomic mass is 127. The van der Waals surface area contributed by atoms with Crippen LogP contribution in [0.2, 0.25) is 0 Å². The van der Waals surface area contributed by atoms with Gasteiger partial charge in [0.05, 0.1) is 0 Å². The number of benzene rings is 2. The first-order valence-electron chi connectivity index (χ1n) is 9.40. The number of aromatic nitrogens is 1. The molecule has 1 atom stereocenters. The monoisotopic (exact) mass is 513 g/mol. The van der Waals surface area contributed by atoms with Crippen molar-refractivity contribution in [3.05, 3.63) is 70.7 Å². The molecule has 0 spiro atoms. The van der Waals surface area contributed by atoms with Gasteiger partial charge in [-0.05, 0) is 48.1 Å². The third-order valence-corrected chi connectivity index (χ3v) is 6.21. The Hall–Kier alpha value is -2.03. The van der Waals surface area contributed by atoms with E-state index in [9.17, 15) is 18.0 Å². The third kappa shape index (κ3) is 4.01. The molecule has 0 fully saturated rings. The summed E-state index contributed by atoms with van der Waals surface area (Å²) in [5, 5.41) is 10.1. The molecule has 4 rings (SSSR count). The number of nitrogens with zero attached hydrogens (tertiary/aromatic N) is 1. The van der Waals surface area contributed by atoms with E-state index in [-0.39, 0.29) is 24.3 Å². The highest BCUT2D eigenvalue weighted by Gasteiger charge is 2.32. The molecule has 2 aromatic carbocycles. The van der Waals surface area contributed by atoms with E-state index < -0.39 is 15.7 Å². The molecule has 0 bridgehead atoms. The highest BCUT2D eigenvalue weighted by molar-refractivity contribution is 14.1. The van der Waals surface area contributed by atoms with Gasteiger partial charge in [-0.15, -0.1) is 0 Å². The van der Waals surface area contributed by atoms with E-state index in [1.807, 2.05) is 24.3 Å². The molecule has 3 nitrogen and oxygen atoms in total. The van der Waals surface area contributed by atoms with Crippen molar-refractivity contribution in [1.82, 2.24) is 4.57 Å². The van der Waals surface area contributed by atoms with Crippen molar-refractivity contribution in [3.8, 4) is 0 Å². The van der Waals surface area contributed by atoms with Crippen molar-refractivity contribution >= 4 is 39.5 Å². The van der Waals surface area contributed by atoms with E-state index in [0.717, 1.165) is 57.2 Å². The number of halogens is 4. The maximum Gasteiger partial charge on any atom is 0.322 e. The van der Waals surface area contributed by atoms with E-state index in [1.165, 1.54) is 12.1 Å². The van der Waals surface area contributed by atoms with Gasteiger partial charge < -0.3 is 9.67 Å². The Morgan fingerprint density at radius 3 is 2.72 bits per heavy atom. The SMILES string of the molecule is O=C(O)CC1CCc2c(Cc3ccc(F)cc3C(F)(F)I)c3ccccc3n2C1. The lowest BCUT2D eigenvalue weighted by molar-refractivity contribution is -0.138. The van der Waals surface area contributed by atoms with Crippen molar-refractivity contribution in [2.75, 3.05) is 0 Å². The predicted octanol–water partition coefficient (Wildman–Crippen LogP) is 5.89. The van der Waals surface area contributed by atoms with E-state index >= 15 is 0 Å². The first-order chi connectivity index (χ1) is 13.7. The van der Waals surface area contributed by atoms with Crippen LogP contribution in [-0.4, -0.2) is 15.6 Å². The smallest absolute Gasteiger partial charge is 0.322 e. The number of aliphatic carboxylic acids is 1. The van der Waals surface area contributed by atoms with Crippen LogP contribution in [0.4, 0.5) is 13.2 Å². The van der Waals surface area contributed by atoms with E-state index in [4.69, 9.17) is 5.11 Å². The van der Waals surface area contributed by atoms with Crippen LogP contribution in [0.5, 0.6) is 0 Å². The fraction of sp³-hybridized carbons (Fsp3) is 0.318. The summed E-state index contributed by atoms with van der Waals surface area (Å²) in [5.41, 5.74) is 3.10. The molecule has 7 heteroatoms. The Morgan fingerprint density at radius 1 is 1.24 bits per heavy atom. The van der Waals surface area contributed by atoms with Crippen LogP contribution < -0.4 is 0 Å². The van der Waals surface area contributed by atoms with Gasteiger partial charge >= 0.3 is 9.90 Å². The molecule has 29 heavy (non-hydrogen) atoms. The lowest BCUT2D eigenvalue weighted by Crippen LogP contribution is -2.22. The van der Waals surface area contributed by atoms with Crippen LogP contribution in [0.15, 0.2) is 42.5 Å². The van der Waals surface area contributed by atoms with Gasteiger partial charge in [-0.2, -0.15) is 8.78 Å². The van der Waals surface area contributed by atoms with Crippen molar-refractivity contribution in [3.63, 3.8) is 0 Å². The molecule has 2 heterocycles. The summed E-state index contributed by atoms with van der Waals surface area (Å²) in [7, 11) is 0. The summed E-state index contributed by atoms with van der Waals surface area (Å²) in [5.74, 6) is -1.44. The second kappa shape index (κ2) is 7.66. The predicted molar refractivity (Wildman–Crippen MR) is 113 cm³/mol. The Bertz CT molecular complexity index is 1090. The normalized spacial score (nSPS) is 16.8. The van der Waals surface area contributed by atoms with E-state index in [2.05, 4.69) is 4.57 Å². The summed E-state index contributed by atoms with van der Waals surface area (Å²) >= 11 is 1.04. The van der Waals surface area contributed by atoms with Crippen molar-refractivity contribution in [2.45, 2.75) is 36.2 Å². The number of hydrogen-bond donors (Lipinski definition) is 1. The average molecular weight is 513 g/mol. The number of alkyl halides is 3. The van der Waals surface area contributed by atoms with E-state index in [0.29, 0.717) is 18.5 Å². The number of hydrogen-bond acceptors (Lipinski definition) is 1. The largest absolute Gasteiger partial charge is 0.481 e. The minimum atomic E-state index is -3.17. The highest BCUT2D eigenvalue weighted by Crippen LogP contribution is 2.40. The maximum atomic E-state index is 14.1. The molecule has 0 saturated carbocycles. The third-order valence-electron chi connectivity index (χ3n) is 5.63. The molecule has 1 aliphatic rings. The number of para-hydroxylation sites is 1. The topological polar surface area (TPSA) is 42.2 Å². The fourth-order valence-corrected chi connectivity index (χ4v) is 4.88. The van der Waals surface area contributed by atoms with Gasteiger partial charge in [0, 0.05) is 64.1 Å². The van der Waals surface area contributed by atoms with Gasteiger partial charge in [0.15, 0.2) is 0 Å². The first-order valence-corrected chi connectivity index (χ1v) is 10.5. The number of fused-ring (bicyclic) bond motifs is 3. The fourth-order valence-electron chi connectivity index (χ4n) is 4.38. The second-order valence-corrected chi connectivity index (χ2v) is 8.89. The molecule has 1 unspecified atom stereocenters. The van der Waals surface area contributed by atoms with Crippen LogP contribution >= 0.6 is 22.6 Å². The molecular weight excluding hydrogens is 494 g/mol. The molecule has 0 amide bonds. The van der Waals surface area contributed by atoms with Gasteiger partial charge in [0.1, 0.15) is 5.82 Å². The van der Waals surface area contributed by atoms with Gasteiger partial charge in [-0.1, -0.05) is 24.3 Å². The quantitative estimate of drug-likeness (QED) is 0.342. The van der Waals surface area contributed by atoms with Crippen molar-refractivity contribution in [1.29, 1.82) is 0 Å². The Labute approximate surface area is 179 Å². The lowest BCUT2D eigenvalue weighted by Gasteiger charge is -2.25. The molecule has 0 saturated heterocycles. The van der Waals surface area contributed by atoms with Crippen LogP contribution in [0.25, 0.3) is 10.9 Å². The standard InChI is InChI=1S/C22H19F3INO2/c23-15-7-6-14(18(11-15)22(24,25)26)10-17-16-3-1-2-4-19(16)27-12-13(9-21(28)29)5-8-20(17)27/h1-4,6-7,11,13H,5,8-10,12H2,(H,28,29). The molecular formula is C22H19F3INO2. The summed E-state index contributed by atoms with van der Waals surface area (Å²) < 4.78 is 40.8. The van der Waals surface area contributed by atoms with E-state index in [1.54, 1.807) is 0 Å².